The molecule has 0 saturated carbocycles. The first kappa shape index (κ1) is 12.5. The van der Waals surface area contributed by atoms with Crippen LogP contribution < -0.4 is 15.5 Å². The van der Waals surface area contributed by atoms with Gasteiger partial charge in [-0.05, 0) is 24.3 Å². The summed E-state index contributed by atoms with van der Waals surface area (Å²) in [5.74, 6) is 0.933. The summed E-state index contributed by atoms with van der Waals surface area (Å²) >= 11 is 0. The number of aromatic nitrogens is 1. The molecule has 0 aliphatic carbocycles. The van der Waals surface area contributed by atoms with E-state index in [2.05, 4.69) is 44.8 Å². The Balaban J connectivity index is 1.64. The molecular weight excluding hydrogens is 264 g/mol. The topological polar surface area (TPSA) is 49.4 Å². The zero-order valence-corrected chi connectivity index (χ0v) is 11.8. The molecule has 3 heterocycles. The van der Waals surface area contributed by atoms with Gasteiger partial charge in [0.25, 0.3) is 0 Å². The number of nitrogens with one attached hydrogen (secondary N) is 2. The number of hydrogen-bond donors (Lipinski definition) is 2. The maximum Gasteiger partial charge on any atom is 0.135 e. The van der Waals surface area contributed by atoms with Crippen molar-refractivity contribution in [1.82, 2.24) is 4.98 Å². The second kappa shape index (κ2) is 5.26. The maximum absolute atomic E-state index is 5.42. The zero-order chi connectivity index (χ0) is 14.1. The number of benzene rings is 1. The van der Waals surface area contributed by atoms with Crippen molar-refractivity contribution in [2.45, 2.75) is 6.54 Å². The smallest absolute Gasteiger partial charge is 0.135 e. The van der Waals surface area contributed by atoms with E-state index < -0.39 is 0 Å². The average Bonchev–Trinajstić information content (AvgIpc) is 2.74. The van der Waals surface area contributed by atoms with Crippen LogP contribution >= 0.6 is 0 Å². The van der Waals surface area contributed by atoms with Crippen molar-refractivity contribution in [3.05, 3.63) is 42.1 Å². The van der Waals surface area contributed by atoms with E-state index in [-0.39, 0.29) is 0 Å². The van der Waals surface area contributed by atoms with Gasteiger partial charge in [0.1, 0.15) is 5.82 Å². The summed E-state index contributed by atoms with van der Waals surface area (Å²) in [5.41, 5.74) is 4.62. The van der Waals surface area contributed by atoms with Crippen LogP contribution in [0.5, 0.6) is 0 Å². The van der Waals surface area contributed by atoms with Gasteiger partial charge in [-0.2, -0.15) is 0 Å². The molecule has 1 aromatic heterocycles. The number of nitrogens with zero attached hydrogens (tertiary/aromatic N) is 2. The number of pyridine rings is 1. The van der Waals surface area contributed by atoms with Gasteiger partial charge < -0.3 is 20.3 Å². The molecule has 21 heavy (non-hydrogen) atoms. The SMILES string of the molecule is c1cnc2c(c1)CNc1cc(N3CCOCC3)ccc1N2. The highest BCUT2D eigenvalue weighted by molar-refractivity contribution is 5.79. The first-order chi connectivity index (χ1) is 10.4. The number of rotatable bonds is 1. The van der Waals surface area contributed by atoms with Crippen LogP contribution in [0, 0.1) is 0 Å². The molecule has 4 rings (SSSR count). The Kier molecular flexibility index (Phi) is 3.12. The Morgan fingerprint density at radius 3 is 2.90 bits per heavy atom. The van der Waals surface area contributed by atoms with E-state index in [0.717, 1.165) is 50.0 Å². The maximum atomic E-state index is 5.42. The molecule has 0 atom stereocenters. The predicted molar refractivity (Wildman–Crippen MR) is 84.3 cm³/mol. The molecule has 2 N–H and O–H groups in total. The van der Waals surface area contributed by atoms with Gasteiger partial charge in [0.15, 0.2) is 0 Å². The number of fused-ring (bicyclic) bond motifs is 2. The van der Waals surface area contributed by atoms with Crippen LogP contribution in [0.4, 0.5) is 22.9 Å². The lowest BCUT2D eigenvalue weighted by Gasteiger charge is -2.29. The van der Waals surface area contributed by atoms with Gasteiger partial charge in [-0.15, -0.1) is 0 Å². The van der Waals surface area contributed by atoms with Gasteiger partial charge >= 0.3 is 0 Å². The first-order valence-corrected chi connectivity index (χ1v) is 7.32. The molecule has 0 radical (unpaired) electrons. The molecule has 5 nitrogen and oxygen atoms in total. The number of hydrogen-bond acceptors (Lipinski definition) is 5. The van der Waals surface area contributed by atoms with Crippen LogP contribution in [0.25, 0.3) is 0 Å². The Labute approximate surface area is 123 Å². The monoisotopic (exact) mass is 282 g/mol. The van der Waals surface area contributed by atoms with E-state index in [9.17, 15) is 0 Å². The molecule has 0 amide bonds. The summed E-state index contributed by atoms with van der Waals surface area (Å²) < 4.78 is 5.42. The van der Waals surface area contributed by atoms with Crippen molar-refractivity contribution in [1.29, 1.82) is 0 Å². The molecular formula is C16H18N4O. The largest absolute Gasteiger partial charge is 0.379 e. The van der Waals surface area contributed by atoms with E-state index in [1.807, 2.05) is 12.3 Å². The summed E-state index contributed by atoms with van der Waals surface area (Å²) in [5, 5.41) is 6.92. The van der Waals surface area contributed by atoms with Gasteiger partial charge in [-0.3, -0.25) is 0 Å². The lowest BCUT2D eigenvalue weighted by Crippen LogP contribution is -2.36. The third kappa shape index (κ3) is 2.40. The quantitative estimate of drug-likeness (QED) is 0.842. The fourth-order valence-electron chi connectivity index (χ4n) is 2.82. The zero-order valence-electron chi connectivity index (χ0n) is 11.8. The fourth-order valence-corrected chi connectivity index (χ4v) is 2.82. The molecule has 2 aliphatic heterocycles. The Bertz CT molecular complexity index is 652. The van der Waals surface area contributed by atoms with Crippen molar-refractivity contribution in [3.8, 4) is 0 Å². The minimum absolute atomic E-state index is 0.787. The van der Waals surface area contributed by atoms with Crippen molar-refractivity contribution in [2.24, 2.45) is 0 Å². The molecule has 2 aromatic rings. The van der Waals surface area contributed by atoms with Crippen LogP contribution in [0.2, 0.25) is 0 Å². The summed E-state index contributed by atoms with van der Waals surface area (Å²) in [4.78, 5) is 6.78. The normalized spacial score (nSPS) is 17.0. The number of anilines is 4. The summed E-state index contributed by atoms with van der Waals surface area (Å²) in [6.07, 6.45) is 1.82. The van der Waals surface area contributed by atoms with Crippen LogP contribution in [-0.4, -0.2) is 31.3 Å². The molecule has 2 aliphatic rings. The van der Waals surface area contributed by atoms with Gasteiger partial charge in [0.2, 0.25) is 0 Å². The van der Waals surface area contributed by atoms with E-state index in [1.165, 1.54) is 11.3 Å². The molecule has 0 bridgehead atoms. The second-order valence-corrected chi connectivity index (χ2v) is 5.32. The minimum atomic E-state index is 0.787. The first-order valence-electron chi connectivity index (χ1n) is 7.32. The highest BCUT2D eigenvalue weighted by Crippen LogP contribution is 2.33. The summed E-state index contributed by atoms with van der Waals surface area (Å²) in [6.45, 7) is 4.30. The van der Waals surface area contributed by atoms with Gasteiger partial charge in [0.05, 0.1) is 24.6 Å². The predicted octanol–water partition coefficient (Wildman–Crippen LogP) is 2.59. The number of ether oxygens (including phenoxy) is 1. The third-order valence-electron chi connectivity index (χ3n) is 3.99. The molecule has 1 saturated heterocycles. The van der Waals surface area contributed by atoms with E-state index in [1.54, 1.807) is 0 Å². The minimum Gasteiger partial charge on any atom is -0.379 e. The Hall–Kier alpha value is -2.27. The molecule has 108 valence electrons. The van der Waals surface area contributed by atoms with E-state index in [4.69, 9.17) is 4.74 Å². The lowest BCUT2D eigenvalue weighted by atomic mass is 10.2. The van der Waals surface area contributed by atoms with E-state index >= 15 is 0 Å². The lowest BCUT2D eigenvalue weighted by molar-refractivity contribution is 0.122. The average molecular weight is 282 g/mol. The summed E-state index contributed by atoms with van der Waals surface area (Å²) in [6, 6.07) is 10.6. The molecule has 0 unspecified atom stereocenters. The molecule has 0 spiro atoms. The van der Waals surface area contributed by atoms with Crippen molar-refractivity contribution >= 4 is 22.9 Å². The number of morpholine rings is 1. The van der Waals surface area contributed by atoms with Crippen LogP contribution in [0.3, 0.4) is 0 Å². The van der Waals surface area contributed by atoms with Crippen molar-refractivity contribution in [2.75, 3.05) is 41.8 Å². The molecule has 5 heteroatoms. The second-order valence-electron chi connectivity index (χ2n) is 5.32. The molecule has 1 fully saturated rings. The van der Waals surface area contributed by atoms with Crippen LogP contribution in [0.15, 0.2) is 36.5 Å². The standard InChI is InChI=1S/C16H18N4O/c1-2-12-11-18-15-10-13(20-6-8-21-9-7-20)3-4-14(15)19-16(12)17-5-1/h1-5,10,18H,6-9,11H2,(H,17,19). The summed E-state index contributed by atoms with van der Waals surface area (Å²) in [7, 11) is 0. The van der Waals surface area contributed by atoms with Crippen LogP contribution in [0.1, 0.15) is 5.56 Å². The Morgan fingerprint density at radius 2 is 2.00 bits per heavy atom. The highest BCUT2D eigenvalue weighted by Gasteiger charge is 2.16. The van der Waals surface area contributed by atoms with Crippen molar-refractivity contribution in [3.63, 3.8) is 0 Å². The Morgan fingerprint density at radius 1 is 1.10 bits per heavy atom. The van der Waals surface area contributed by atoms with Crippen LogP contribution in [-0.2, 0) is 11.3 Å². The van der Waals surface area contributed by atoms with Gasteiger partial charge in [0, 0.05) is 37.1 Å². The molecule has 1 aromatic carbocycles. The third-order valence-corrected chi connectivity index (χ3v) is 3.99. The van der Waals surface area contributed by atoms with Crippen molar-refractivity contribution < 1.29 is 4.74 Å². The van der Waals surface area contributed by atoms with Gasteiger partial charge in [-0.25, -0.2) is 4.98 Å². The highest BCUT2D eigenvalue weighted by atomic mass is 16.5. The fraction of sp³-hybridized carbons (Fsp3) is 0.312. The van der Waals surface area contributed by atoms with E-state index in [0.29, 0.717) is 0 Å². The van der Waals surface area contributed by atoms with Gasteiger partial charge in [-0.1, -0.05) is 6.07 Å².